The maximum Gasteiger partial charge on any atom is 0.319 e. The Morgan fingerprint density at radius 2 is 2.08 bits per heavy atom. The van der Waals surface area contributed by atoms with E-state index in [4.69, 9.17) is 9.15 Å². The lowest BCUT2D eigenvalue weighted by molar-refractivity contribution is -0.00890. The van der Waals surface area contributed by atoms with E-state index < -0.39 is 5.82 Å². The average Bonchev–Trinajstić information content (AvgIpc) is 3.31. The lowest BCUT2D eigenvalue weighted by Gasteiger charge is -2.30. The van der Waals surface area contributed by atoms with Gasteiger partial charge in [0, 0.05) is 18.2 Å². The molecular weight excluding hydrogens is 323 g/mol. The van der Waals surface area contributed by atoms with Gasteiger partial charge < -0.3 is 19.8 Å². The molecule has 2 atom stereocenters. The van der Waals surface area contributed by atoms with Crippen LogP contribution >= 0.6 is 0 Å². The van der Waals surface area contributed by atoms with Gasteiger partial charge in [-0.1, -0.05) is 0 Å². The van der Waals surface area contributed by atoms with Crippen LogP contribution in [0.1, 0.15) is 25.7 Å². The van der Waals surface area contributed by atoms with Crippen LogP contribution in [0.15, 0.2) is 41.0 Å². The number of ether oxygens (including phenoxy) is 1. The van der Waals surface area contributed by atoms with Crippen molar-refractivity contribution in [2.24, 2.45) is 5.92 Å². The van der Waals surface area contributed by atoms with Crippen molar-refractivity contribution in [3.8, 4) is 11.3 Å². The molecule has 1 aliphatic heterocycles. The first-order valence-corrected chi connectivity index (χ1v) is 8.71. The van der Waals surface area contributed by atoms with Crippen molar-refractivity contribution in [3.05, 3.63) is 42.4 Å². The number of anilines is 1. The van der Waals surface area contributed by atoms with E-state index in [1.807, 2.05) is 0 Å². The molecule has 1 aromatic heterocycles. The number of urea groups is 1. The molecule has 25 heavy (non-hydrogen) atoms. The molecule has 0 radical (unpaired) electrons. The molecule has 5 nitrogen and oxygen atoms in total. The molecule has 132 valence electrons. The van der Waals surface area contributed by atoms with Crippen molar-refractivity contribution >= 4 is 11.7 Å². The number of hydrogen-bond acceptors (Lipinski definition) is 3. The van der Waals surface area contributed by atoms with Crippen molar-refractivity contribution in [2.45, 2.75) is 37.8 Å². The highest BCUT2D eigenvalue weighted by molar-refractivity contribution is 5.89. The van der Waals surface area contributed by atoms with E-state index >= 15 is 0 Å². The van der Waals surface area contributed by atoms with E-state index in [0.29, 0.717) is 23.8 Å². The number of nitrogens with one attached hydrogen (secondary N) is 2. The van der Waals surface area contributed by atoms with Crippen LogP contribution in [-0.2, 0) is 4.74 Å². The van der Waals surface area contributed by atoms with E-state index in [9.17, 15) is 9.18 Å². The lowest BCUT2D eigenvalue weighted by Crippen LogP contribution is -2.44. The maximum absolute atomic E-state index is 14.3. The summed E-state index contributed by atoms with van der Waals surface area (Å²) in [7, 11) is 0. The first-order valence-electron chi connectivity index (χ1n) is 8.71. The number of furan rings is 1. The summed E-state index contributed by atoms with van der Waals surface area (Å²) in [6.45, 7) is 0.665. The zero-order chi connectivity index (χ0) is 17.2. The smallest absolute Gasteiger partial charge is 0.319 e. The summed E-state index contributed by atoms with van der Waals surface area (Å²) in [5, 5.41) is 5.53. The zero-order valence-corrected chi connectivity index (χ0v) is 13.8. The Labute approximate surface area is 145 Å². The molecule has 2 heterocycles. The highest BCUT2D eigenvalue weighted by Gasteiger charge is 2.36. The standard InChI is InChI=1S/C19H21FN2O3/c20-15-10-13(17-2-1-8-24-17)5-6-16(15)22-19(23)21-14-7-9-25-18(11-14)12-3-4-12/h1-2,5-6,8,10,12,14,18H,3-4,7,9,11H2,(H2,21,22,23). The Balaban J connectivity index is 1.35. The van der Waals surface area contributed by atoms with Crippen LogP contribution < -0.4 is 10.6 Å². The van der Waals surface area contributed by atoms with Gasteiger partial charge in [-0.15, -0.1) is 0 Å². The van der Waals surface area contributed by atoms with Gasteiger partial charge in [0.1, 0.15) is 11.6 Å². The Morgan fingerprint density at radius 1 is 1.20 bits per heavy atom. The fourth-order valence-electron chi connectivity index (χ4n) is 3.31. The van der Waals surface area contributed by atoms with Gasteiger partial charge in [0.05, 0.1) is 18.1 Å². The number of halogens is 1. The molecule has 1 aromatic carbocycles. The van der Waals surface area contributed by atoms with Crippen molar-refractivity contribution < 1.29 is 18.3 Å². The fraction of sp³-hybridized carbons (Fsp3) is 0.421. The summed E-state index contributed by atoms with van der Waals surface area (Å²) in [6, 6.07) is 7.81. The molecule has 2 unspecified atom stereocenters. The monoisotopic (exact) mass is 344 g/mol. The molecule has 2 aromatic rings. The fourth-order valence-corrected chi connectivity index (χ4v) is 3.31. The first-order chi connectivity index (χ1) is 12.2. The zero-order valence-electron chi connectivity index (χ0n) is 13.8. The molecule has 2 aliphatic rings. The molecule has 1 aliphatic carbocycles. The highest BCUT2D eigenvalue weighted by Crippen LogP contribution is 2.38. The predicted octanol–water partition coefficient (Wildman–Crippen LogP) is 4.16. The summed E-state index contributed by atoms with van der Waals surface area (Å²) in [5.41, 5.74) is 0.781. The third-order valence-corrected chi connectivity index (χ3v) is 4.82. The topological polar surface area (TPSA) is 63.5 Å². The summed E-state index contributed by atoms with van der Waals surface area (Å²) in [5.74, 6) is 0.745. The van der Waals surface area contributed by atoms with Crippen LogP contribution in [0.4, 0.5) is 14.9 Å². The minimum absolute atomic E-state index is 0.0739. The normalized spacial score (nSPS) is 23.2. The molecule has 0 spiro atoms. The third kappa shape index (κ3) is 3.85. The van der Waals surface area contributed by atoms with Crippen LogP contribution in [0.3, 0.4) is 0 Å². The van der Waals surface area contributed by atoms with Gasteiger partial charge >= 0.3 is 6.03 Å². The second-order valence-corrected chi connectivity index (χ2v) is 6.74. The Morgan fingerprint density at radius 3 is 2.80 bits per heavy atom. The quantitative estimate of drug-likeness (QED) is 0.875. The number of rotatable bonds is 4. The van der Waals surface area contributed by atoms with E-state index in [1.54, 1.807) is 24.3 Å². The number of carbonyl (C=O) groups is 1. The number of carbonyl (C=O) groups excluding carboxylic acids is 1. The maximum atomic E-state index is 14.3. The molecule has 2 amide bonds. The second kappa shape index (κ2) is 6.88. The average molecular weight is 344 g/mol. The molecular formula is C19H21FN2O3. The van der Waals surface area contributed by atoms with Crippen molar-refractivity contribution in [2.75, 3.05) is 11.9 Å². The lowest BCUT2D eigenvalue weighted by atomic mass is 10.0. The van der Waals surface area contributed by atoms with Crippen LogP contribution in [-0.4, -0.2) is 24.8 Å². The predicted molar refractivity (Wildman–Crippen MR) is 91.7 cm³/mol. The SMILES string of the molecule is O=C(Nc1ccc(-c2ccco2)cc1F)NC1CCOC(C2CC2)C1. The summed E-state index contributed by atoms with van der Waals surface area (Å²) in [6.07, 6.45) is 5.85. The van der Waals surface area contributed by atoms with Crippen LogP contribution in [0.25, 0.3) is 11.3 Å². The van der Waals surface area contributed by atoms with Gasteiger partial charge in [0.15, 0.2) is 0 Å². The van der Waals surface area contributed by atoms with Gasteiger partial charge in [-0.05, 0) is 61.9 Å². The van der Waals surface area contributed by atoms with E-state index in [-0.39, 0.29) is 23.9 Å². The van der Waals surface area contributed by atoms with Gasteiger partial charge in [0.25, 0.3) is 0 Å². The van der Waals surface area contributed by atoms with E-state index in [1.165, 1.54) is 25.2 Å². The van der Waals surface area contributed by atoms with Gasteiger partial charge in [-0.25, -0.2) is 9.18 Å². The van der Waals surface area contributed by atoms with E-state index in [2.05, 4.69) is 10.6 Å². The largest absolute Gasteiger partial charge is 0.464 e. The van der Waals surface area contributed by atoms with Gasteiger partial charge in [0.2, 0.25) is 0 Å². The summed E-state index contributed by atoms with van der Waals surface area (Å²) >= 11 is 0. The minimum atomic E-state index is -0.494. The number of hydrogen-bond donors (Lipinski definition) is 2. The van der Waals surface area contributed by atoms with Gasteiger partial charge in [-0.3, -0.25) is 0 Å². The second-order valence-electron chi connectivity index (χ2n) is 6.74. The van der Waals surface area contributed by atoms with Crippen LogP contribution in [0, 0.1) is 11.7 Å². The Kier molecular flexibility index (Phi) is 4.44. The Bertz CT molecular complexity index is 743. The molecule has 4 rings (SSSR count). The first kappa shape index (κ1) is 16.1. The number of benzene rings is 1. The molecule has 6 heteroatoms. The molecule has 2 N–H and O–H groups in total. The molecule has 0 bridgehead atoms. The highest BCUT2D eigenvalue weighted by atomic mass is 19.1. The molecule has 2 fully saturated rings. The molecule has 1 saturated carbocycles. The van der Waals surface area contributed by atoms with Crippen LogP contribution in [0.5, 0.6) is 0 Å². The van der Waals surface area contributed by atoms with Crippen molar-refractivity contribution in [1.82, 2.24) is 5.32 Å². The van der Waals surface area contributed by atoms with E-state index in [0.717, 1.165) is 12.8 Å². The van der Waals surface area contributed by atoms with Crippen molar-refractivity contribution in [3.63, 3.8) is 0 Å². The Hall–Kier alpha value is -2.34. The van der Waals surface area contributed by atoms with Crippen molar-refractivity contribution in [1.29, 1.82) is 0 Å². The number of amides is 2. The summed E-state index contributed by atoms with van der Waals surface area (Å²) < 4.78 is 25.3. The van der Waals surface area contributed by atoms with Gasteiger partial charge in [-0.2, -0.15) is 0 Å². The molecule has 1 saturated heterocycles. The van der Waals surface area contributed by atoms with Crippen LogP contribution in [0.2, 0.25) is 0 Å². The minimum Gasteiger partial charge on any atom is -0.464 e. The third-order valence-electron chi connectivity index (χ3n) is 4.82. The summed E-state index contributed by atoms with van der Waals surface area (Å²) in [4.78, 5) is 12.2.